The Morgan fingerprint density at radius 1 is 0.333 bits per heavy atom. The van der Waals surface area contributed by atoms with Crippen LogP contribution in [0.4, 0.5) is 0 Å². The first-order valence-electron chi connectivity index (χ1n) is 20.0. The summed E-state index contributed by atoms with van der Waals surface area (Å²) in [4.78, 5) is 0. The van der Waals surface area contributed by atoms with Crippen molar-refractivity contribution in [3.05, 3.63) is 194 Å². The second-order valence-electron chi connectivity index (χ2n) is 12.7. The lowest BCUT2D eigenvalue weighted by Crippen LogP contribution is -1.91. The average Bonchev–Trinajstić information content (AvgIpc) is 3.67. The maximum atomic E-state index is 9.54. The Balaban J connectivity index is 1.22. The Hall–Kier alpha value is -6.70. The van der Waals surface area contributed by atoms with E-state index in [1.54, 1.807) is 0 Å². The third-order valence-electron chi connectivity index (χ3n) is 9.82. The van der Waals surface area contributed by atoms with Gasteiger partial charge in [0.05, 0.1) is 8.22 Å². The van der Waals surface area contributed by atoms with Crippen molar-refractivity contribution in [2.75, 3.05) is 0 Å². The van der Waals surface area contributed by atoms with Gasteiger partial charge < -0.3 is 4.42 Å². The topological polar surface area (TPSA) is 13.1 Å². The standard InChI is InChI=1S/C50H32O/c1-3-12-33(13-4-1)35-22-24-36(25-23-35)37-26-28-38(29-27-37)48-40-16-7-9-18-42(40)49(43-19-10-8-17-41(43)48)44-20-11-21-47-50(44)45-32-39(30-31-46(45)51-47)34-14-5-2-6-15-34/h1-32H/i11D,20D,21D,30D,31D,32D. The first kappa shape index (κ1) is 23.6. The highest BCUT2D eigenvalue weighted by Gasteiger charge is 2.20. The Morgan fingerprint density at radius 2 is 0.784 bits per heavy atom. The molecule has 0 atom stereocenters. The lowest BCUT2D eigenvalue weighted by Gasteiger charge is -2.18. The van der Waals surface area contributed by atoms with Gasteiger partial charge in [0.25, 0.3) is 0 Å². The average molecular weight is 655 g/mol. The van der Waals surface area contributed by atoms with E-state index in [1.165, 1.54) is 5.56 Å². The molecule has 0 saturated carbocycles. The van der Waals surface area contributed by atoms with E-state index in [2.05, 4.69) is 72.8 Å². The largest absolute Gasteiger partial charge is 0.456 e. The number of rotatable bonds is 5. The molecule has 0 aliphatic carbocycles. The summed E-state index contributed by atoms with van der Waals surface area (Å²) in [5, 5.41) is 4.15. The number of hydrogen-bond acceptors (Lipinski definition) is 1. The van der Waals surface area contributed by atoms with Gasteiger partial charge >= 0.3 is 0 Å². The SMILES string of the molecule is [2H]c1c(-c2ccccc2)c([2H])c2c(oc3c([2H])c([2H])c([2H])c(-c4c5ccccc5c(-c5ccc(-c6ccc(-c7ccccc7)cc6)cc5)c5ccccc45)c32)c1[2H]. The van der Waals surface area contributed by atoms with Crippen molar-refractivity contribution in [3.8, 4) is 55.6 Å². The molecule has 0 N–H and O–H groups in total. The highest BCUT2D eigenvalue weighted by Crippen LogP contribution is 2.47. The quantitative estimate of drug-likeness (QED) is 0.168. The van der Waals surface area contributed by atoms with Gasteiger partial charge in [-0.05, 0) is 95.3 Å². The zero-order chi connectivity index (χ0) is 38.9. The highest BCUT2D eigenvalue weighted by molar-refractivity contribution is 6.25. The van der Waals surface area contributed by atoms with Crippen LogP contribution in [0.25, 0.3) is 99.1 Å². The molecular weight excluding hydrogens is 617 g/mol. The van der Waals surface area contributed by atoms with Gasteiger partial charge in [-0.15, -0.1) is 0 Å². The summed E-state index contributed by atoms with van der Waals surface area (Å²) in [6.45, 7) is 0. The van der Waals surface area contributed by atoms with E-state index < -0.39 is 0 Å². The minimum atomic E-state index is -0.311. The molecule has 0 radical (unpaired) electrons. The second kappa shape index (κ2) is 12.0. The molecule has 1 heterocycles. The van der Waals surface area contributed by atoms with Crippen LogP contribution in [0, 0.1) is 0 Å². The first-order valence-corrected chi connectivity index (χ1v) is 17.0. The number of fused-ring (bicyclic) bond motifs is 5. The van der Waals surface area contributed by atoms with Crippen LogP contribution in [0.1, 0.15) is 8.22 Å². The van der Waals surface area contributed by atoms with Gasteiger partial charge in [0.1, 0.15) is 11.2 Å². The fourth-order valence-electron chi connectivity index (χ4n) is 7.41. The third kappa shape index (κ3) is 4.94. The fraction of sp³-hybridized carbons (Fsp3) is 0. The van der Waals surface area contributed by atoms with Gasteiger partial charge in [-0.2, -0.15) is 0 Å². The van der Waals surface area contributed by atoms with Gasteiger partial charge in [-0.25, -0.2) is 0 Å². The van der Waals surface area contributed by atoms with E-state index in [0.29, 0.717) is 22.1 Å². The van der Waals surface area contributed by atoms with Crippen molar-refractivity contribution < 1.29 is 12.6 Å². The Kier molecular flexibility index (Phi) is 5.56. The summed E-state index contributed by atoms with van der Waals surface area (Å²) in [5.41, 5.74) is 8.57. The first-order chi connectivity index (χ1) is 27.8. The van der Waals surface area contributed by atoms with Crippen LogP contribution in [-0.2, 0) is 0 Å². The van der Waals surface area contributed by atoms with Crippen molar-refractivity contribution >= 4 is 43.5 Å². The molecule has 0 aliphatic rings. The summed E-state index contributed by atoms with van der Waals surface area (Å²) in [5.74, 6) is 0. The van der Waals surface area contributed by atoms with Crippen LogP contribution in [0.15, 0.2) is 198 Å². The molecule has 10 aromatic rings. The molecule has 0 aliphatic heterocycles. The van der Waals surface area contributed by atoms with Crippen LogP contribution in [0.3, 0.4) is 0 Å². The molecule has 0 fully saturated rings. The van der Waals surface area contributed by atoms with Crippen LogP contribution in [-0.4, -0.2) is 0 Å². The second-order valence-corrected chi connectivity index (χ2v) is 12.7. The van der Waals surface area contributed by atoms with Gasteiger partial charge in [-0.1, -0.05) is 176 Å². The zero-order valence-electron chi connectivity index (χ0n) is 33.4. The number of benzene rings is 9. The van der Waals surface area contributed by atoms with E-state index >= 15 is 0 Å². The normalized spacial score (nSPS) is 13.2. The molecule has 51 heavy (non-hydrogen) atoms. The summed E-state index contributed by atoms with van der Waals surface area (Å²) < 4.78 is 61.2. The van der Waals surface area contributed by atoms with Crippen LogP contribution in [0.5, 0.6) is 0 Å². The van der Waals surface area contributed by atoms with Gasteiger partial charge in [0.15, 0.2) is 0 Å². The van der Waals surface area contributed by atoms with Crippen LogP contribution in [0.2, 0.25) is 0 Å². The van der Waals surface area contributed by atoms with Crippen molar-refractivity contribution in [2.45, 2.75) is 0 Å². The van der Waals surface area contributed by atoms with E-state index in [9.17, 15) is 2.74 Å². The number of hydrogen-bond donors (Lipinski definition) is 0. The van der Waals surface area contributed by atoms with Crippen molar-refractivity contribution in [1.29, 1.82) is 0 Å². The molecule has 1 nitrogen and oxygen atoms in total. The maximum absolute atomic E-state index is 9.54. The van der Waals surface area contributed by atoms with E-state index in [0.717, 1.165) is 49.4 Å². The zero-order valence-corrected chi connectivity index (χ0v) is 27.4. The van der Waals surface area contributed by atoms with Gasteiger partial charge in [0.2, 0.25) is 0 Å². The molecule has 238 valence electrons. The smallest absolute Gasteiger partial charge is 0.136 e. The Labute approximate surface area is 305 Å². The maximum Gasteiger partial charge on any atom is 0.136 e. The van der Waals surface area contributed by atoms with E-state index in [4.69, 9.17) is 9.90 Å². The highest BCUT2D eigenvalue weighted by atomic mass is 16.3. The van der Waals surface area contributed by atoms with Crippen molar-refractivity contribution in [2.24, 2.45) is 0 Å². The lowest BCUT2D eigenvalue weighted by molar-refractivity contribution is 0.669. The third-order valence-corrected chi connectivity index (χ3v) is 9.82. The predicted octanol–water partition coefficient (Wildman–Crippen LogP) is 14.2. The molecule has 1 heteroatoms. The van der Waals surface area contributed by atoms with Gasteiger partial charge in [0, 0.05) is 10.8 Å². The van der Waals surface area contributed by atoms with Crippen LogP contribution < -0.4 is 0 Å². The van der Waals surface area contributed by atoms with Crippen molar-refractivity contribution in [3.63, 3.8) is 0 Å². The summed E-state index contributed by atoms with van der Waals surface area (Å²) >= 11 is 0. The molecule has 0 saturated heterocycles. The van der Waals surface area contributed by atoms with E-state index in [-0.39, 0.29) is 58.4 Å². The Morgan fingerprint density at radius 3 is 1.33 bits per heavy atom. The number of furan rings is 1. The minimum Gasteiger partial charge on any atom is -0.456 e. The van der Waals surface area contributed by atoms with Crippen LogP contribution >= 0.6 is 0 Å². The summed E-state index contributed by atoms with van der Waals surface area (Å²) in [7, 11) is 0. The van der Waals surface area contributed by atoms with Gasteiger partial charge in [-0.3, -0.25) is 0 Å². The molecule has 0 bridgehead atoms. The molecule has 0 amide bonds. The molecule has 1 aromatic heterocycles. The Bertz CT molecular complexity index is 3150. The molecule has 9 aromatic carbocycles. The lowest BCUT2D eigenvalue weighted by atomic mass is 9.84. The summed E-state index contributed by atoms with van der Waals surface area (Å²) in [6.07, 6.45) is 0. The molecule has 0 unspecified atom stereocenters. The fourth-order valence-corrected chi connectivity index (χ4v) is 7.41. The van der Waals surface area contributed by atoms with Crippen molar-refractivity contribution in [1.82, 2.24) is 0 Å². The molecule has 0 spiro atoms. The van der Waals surface area contributed by atoms with E-state index in [1.807, 2.05) is 84.9 Å². The predicted molar refractivity (Wildman–Crippen MR) is 216 cm³/mol. The molecule has 10 rings (SSSR count). The summed E-state index contributed by atoms with van der Waals surface area (Å²) in [6, 6.07) is 51.6. The minimum absolute atomic E-state index is 0.000502. The monoisotopic (exact) mass is 654 g/mol. The molecular formula is C50H32O.